The predicted octanol–water partition coefficient (Wildman–Crippen LogP) is 3.47. The minimum atomic E-state index is -0.360. The smallest absolute Gasteiger partial charge is 0.167 e. The number of nitrogens with one attached hydrogen (secondary N) is 1. The van der Waals surface area contributed by atoms with Crippen LogP contribution < -0.4 is 10.1 Å². The Morgan fingerprint density at radius 2 is 2.28 bits per heavy atom. The Bertz CT molecular complexity index is 527. The number of aromatic nitrogens is 1. The lowest BCUT2D eigenvalue weighted by atomic mass is 10.3. The van der Waals surface area contributed by atoms with Crippen molar-refractivity contribution in [3.05, 3.63) is 40.1 Å². The van der Waals surface area contributed by atoms with E-state index in [1.165, 1.54) is 13.2 Å². The van der Waals surface area contributed by atoms with Gasteiger partial charge in [-0.15, -0.1) is 11.3 Å². The van der Waals surface area contributed by atoms with Gasteiger partial charge in [-0.25, -0.2) is 9.37 Å². The Balaban J connectivity index is 1.99. The molecular weight excluding hydrogens is 251 g/mol. The highest BCUT2D eigenvalue weighted by molar-refractivity contribution is 7.11. The molecule has 0 unspecified atom stereocenters. The zero-order chi connectivity index (χ0) is 13.0. The molecular formula is C13H15FN2OS. The molecule has 18 heavy (non-hydrogen) atoms. The molecule has 5 heteroatoms. The highest BCUT2D eigenvalue weighted by Gasteiger charge is 2.04. The summed E-state index contributed by atoms with van der Waals surface area (Å²) < 4.78 is 18.3. The van der Waals surface area contributed by atoms with Gasteiger partial charge in [-0.3, -0.25) is 0 Å². The summed E-state index contributed by atoms with van der Waals surface area (Å²) in [4.78, 5) is 5.42. The Morgan fingerprint density at radius 1 is 1.44 bits per heavy atom. The number of methoxy groups -OCH3 is 1. The van der Waals surface area contributed by atoms with Crippen LogP contribution in [0.5, 0.6) is 5.75 Å². The molecule has 3 nitrogen and oxygen atoms in total. The van der Waals surface area contributed by atoms with Crippen LogP contribution in [0.2, 0.25) is 0 Å². The van der Waals surface area contributed by atoms with E-state index in [0.717, 1.165) is 22.0 Å². The summed E-state index contributed by atoms with van der Waals surface area (Å²) >= 11 is 1.67. The number of nitrogens with zero attached hydrogens (tertiary/aromatic N) is 1. The molecule has 1 aromatic carbocycles. The highest BCUT2D eigenvalue weighted by Crippen LogP contribution is 2.22. The summed E-state index contributed by atoms with van der Waals surface area (Å²) in [5, 5.41) is 4.28. The Hall–Kier alpha value is -1.62. The lowest BCUT2D eigenvalue weighted by Crippen LogP contribution is -1.98. The molecule has 0 saturated carbocycles. The van der Waals surface area contributed by atoms with E-state index >= 15 is 0 Å². The van der Waals surface area contributed by atoms with Gasteiger partial charge in [0, 0.05) is 22.8 Å². The van der Waals surface area contributed by atoms with Gasteiger partial charge < -0.3 is 10.1 Å². The van der Waals surface area contributed by atoms with E-state index in [2.05, 4.69) is 17.2 Å². The van der Waals surface area contributed by atoms with Gasteiger partial charge in [0.2, 0.25) is 0 Å². The van der Waals surface area contributed by atoms with E-state index in [4.69, 9.17) is 4.74 Å². The molecule has 2 aromatic rings. The molecule has 0 aliphatic rings. The molecule has 1 heterocycles. The van der Waals surface area contributed by atoms with Gasteiger partial charge in [0.15, 0.2) is 11.6 Å². The van der Waals surface area contributed by atoms with Gasteiger partial charge in [0.05, 0.1) is 18.7 Å². The highest BCUT2D eigenvalue weighted by atomic mass is 32.1. The third kappa shape index (κ3) is 2.98. The quantitative estimate of drug-likeness (QED) is 0.899. The van der Waals surface area contributed by atoms with Crippen LogP contribution in [-0.2, 0) is 13.0 Å². The molecule has 96 valence electrons. The summed E-state index contributed by atoms with van der Waals surface area (Å²) in [6.07, 6.45) is 2.80. The third-order valence-corrected chi connectivity index (χ3v) is 3.66. The first-order valence-electron chi connectivity index (χ1n) is 5.74. The van der Waals surface area contributed by atoms with E-state index in [0.29, 0.717) is 6.54 Å². The van der Waals surface area contributed by atoms with Gasteiger partial charge in [0.25, 0.3) is 0 Å². The monoisotopic (exact) mass is 266 g/mol. The second kappa shape index (κ2) is 5.82. The number of thiazole rings is 1. The Morgan fingerprint density at radius 3 is 2.89 bits per heavy atom. The van der Waals surface area contributed by atoms with Gasteiger partial charge in [-0.1, -0.05) is 6.92 Å². The predicted molar refractivity (Wildman–Crippen MR) is 71.8 cm³/mol. The largest absolute Gasteiger partial charge is 0.494 e. The normalized spacial score (nSPS) is 10.4. The van der Waals surface area contributed by atoms with Crippen molar-refractivity contribution in [1.82, 2.24) is 4.98 Å². The zero-order valence-electron chi connectivity index (χ0n) is 10.4. The molecule has 0 spiro atoms. The van der Waals surface area contributed by atoms with Crippen molar-refractivity contribution in [1.29, 1.82) is 0 Å². The van der Waals surface area contributed by atoms with Crippen molar-refractivity contribution in [3.8, 4) is 5.75 Å². The Kier molecular flexibility index (Phi) is 4.15. The number of rotatable bonds is 5. The third-order valence-electron chi connectivity index (χ3n) is 2.52. The molecule has 0 saturated heterocycles. The summed E-state index contributed by atoms with van der Waals surface area (Å²) in [5.74, 6) is -0.104. The van der Waals surface area contributed by atoms with Crippen molar-refractivity contribution in [3.63, 3.8) is 0 Å². The lowest BCUT2D eigenvalue weighted by molar-refractivity contribution is 0.386. The number of ether oxygens (including phenoxy) is 1. The van der Waals surface area contributed by atoms with Crippen LogP contribution in [-0.4, -0.2) is 12.1 Å². The molecule has 0 bridgehead atoms. The SMILES string of the molecule is CCc1ncc(CNc2ccc(OC)c(F)c2)s1. The molecule has 0 radical (unpaired) electrons. The van der Waals surface area contributed by atoms with E-state index in [1.54, 1.807) is 23.5 Å². The van der Waals surface area contributed by atoms with Crippen LogP contribution in [0, 0.1) is 5.82 Å². The molecule has 1 aromatic heterocycles. The molecule has 0 atom stereocenters. The van der Waals surface area contributed by atoms with E-state index < -0.39 is 0 Å². The van der Waals surface area contributed by atoms with Gasteiger partial charge in [-0.05, 0) is 18.6 Å². The maximum absolute atomic E-state index is 13.5. The number of halogens is 1. The fraction of sp³-hybridized carbons (Fsp3) is 0.308. The maximum Gasteiger partial charge on any atom is 0.167 e. The van der Waals surface area contributed by atoms with Crippen LogP contribution in [0.1, 0.15) is 16.8 Å². The topological polar surface area (TPSA) is 34.2 Å². The van der Waals surface area contributed by atoms with Crippen LogP contribution in [0.25, 0.3) is 0 Å². The van der Waals surface area contributed by atoms with E-state index in [1.807, 2.05) is 6.20 Å². The van der Waals surface area contributed by atoms with Crippen molar-refractivity contribution < 1.29 is 9.13 Å². The summed E-state index contributed by atoms with van der Waals surface area (Å²) in [5.41, 5.74) is 0.736. The number of benzene rings is 1. The number of anilines is 1. The Labute approximate surface area is 110 Å². The molecule has 0 aliphatic carbocycles. The number of hydrogen-bond acceptors (Lipinski definition) is 4. The molecule has 0 fully saturated rings. The zero-order valence-corrected chi connectivity index (χ0v) is 11.2. The minimum Gasteiger partial charge on any atom is -0.494 e. The van der Waals surface area contributed by atoms with Gasteiger partial charge in [0.1, 0.15) is 0 Å². The second-order valence-electron chi connectivity index (χ2n) is 3.78. The molecule has 2 rings (SSSR count). The van der Waals surface area contributed by atoms with Crippen LogP contribution in [0.3, 0.4) is 0 Å². The summed E-state index contributed by atoms with van der Waals surface area (Å²) in [7, 11) is 1.45. The van der Waals surface area contributed by atoms with E-state index in [9.17, 15) is 4.39 Å². The first-order chi connectivity index (χ1) is 8.72. The van der Waals surface area contributed by atoms with Gasteiger partial charge >= 0.3 is 0 Å². The number of aryl methyl sites for hydroxylation is 1. The standard InChI is InChI=1S/C13H15FN2OS/c1-3-13-16-8-10(18-13)7-15-9-4-5-12(17-2)11(14)6-9/h4-6,8,15H,3,7H2,1-2H3. The van der Waals surface area contributed by atoms with Crippen molar-refractivity contribution in [2.24, 2.45) is 0 Å². The number of hydrogen-bond donors (Lipinski definition) is 1. The minimum absolute atomic E-state index is 0.256. The fourth-order valence-corrected chi connectivity index (χ4v) is 2.36. The molecule has 1 N–H and O–H groups in total. The van der Waals surface area contributed by atoms with E-state index in [-0.39, 0.29) is 11.6 Å². The van der Waals surface area contributed by atoms with Gasteiger partial charge in [-0.2, -0.15) is 0 Å². The summed E-state index contributed by atoms with van der Waals surface area (Å²) in [6, 6.07) is 4.84. The van der Waals surface area contributed by atoms with Crippen molar-refractivity contribution in [2.75, 3.05) is 12.4 Å². The lowest BCUT2D eigenvalue weighted by Gasteiger charge is -2.07. The fourth-order valence-electron chi connectivity index (χ4n) is 1.56. The second-order valence-corrected chi connectivity index (χ2v) is 4.98. The van der Waals surface area contributed by atoms with Crippen LogP contribution in [0.15, 0.2) is 24.4 Å². The maximum atomic E-state index is 13.5. The van der Waals surface area contributed by atoms with Crippen LogP contribution >= 0.6 is 11.3 Å². The van der Waals surface area contributed by atoms with Crippen LogP contribution in [0.4, 0.5) is 10.1 Å². The average Bonchev–Trinajstić information content (AvgIpc) is 2.84. The van der Waals surface area contributed by atoms with Crippen molar-refractivity contribution >= 4 is 17.0 Å². The van der Waals surface area contributed by atoms with Crippen molar-refractivity contribution in [2.45, 2.75) is 19.9 Å². The molecule has 0 aliphatic heterocycles. The first kappa shape index (κ1) is 12.8. The average molecular weight is 266 g/mol. The summed E-state index contributed by atoms with van der Waals surface area (Å²) in [6.45, 7) is 2.73. The molecule has 0 amide bonds. The first-order valence-corrected chi connectivity index (χ1v) is 6.55.